The van der Waals surface area contributed by atoms with Gasteiger partial charge in [-0.3, -0.25) is 9.80 Å². The van der Waals surface area contributed by atoms with E-state index in [0.717, 1.165) is 71.7 Å². The number of aliphatic hydroxyl groups excluding tert-OH is 1. The van der Waals surface area contributed by atoms with Crippen LogP contribution < -0.4 is 10.5 Å². The van der Waals surface area contributed by atoms with E-state index < -0.39 is 11.6 Å². The van der Waals surface area contributed by atoms with Crippen molar-refractivity contribution < 1.29 is 14.6 Å². The lowest BCUT2D eigenvalue weighted by Gasteiger charge is -2.48. The number of hydrogen-bond donors (Lipinski definition) is 2. The second-order valence-electron chi connectivity index (χ2n) is 10.1. The zero-order valence-electron chi connectivity index (χ0n) is 22.2. The maximum absolute atomic E-state index is 12.0. The predicted molar refractivity (Wildman–Crippen MR) is 149 cm³/mol. The molecular formula is C31H39N3O3. The molecule has 1 atom stereocenters. The molecule has 0 amide bonds. The van der Waals surface area contributed by atoms with Crippen LogP contribution in [0.25, 0.3) is 0 Å². The van der Waals surface area contributed by atoms with Gasteiger partial charge in [0.1, 0.15) is 24.7 Å². The average molecular weight is 502 g/mol. The normalized spacial score (nSPS) is 15.9. The van der Waals surface area contributed by atoms with Crippen LogP contribution in [0.2, 0.25) is 0 Å². The molecule has 37 heavy (non-hydrogen) atoms. The molecule has 1 saturated heterocycles. The molecule has 4 rings (SSSR count). The Morgan fingerprint density at radius 2 is 1.51 bits per heavy atom. The van der Waals surface area contributed by atoms with E-state index in [1.165, 1.54) is 0 Å². The van der Waals surface area contributed by atoms with Gasteiger partial charge >= 0.3 is 0 Å². The Hall–Kier alpha value is -3.19. The zero-order chi connectivity index (χ0) is 26.4. The molecular weight excluding hydrogens is 462 g/mol. The molecule has 1 heterocycles. The first-order valence-electron chi connectivity index (χ1n) is 13.1. The molecule has 0 radical (unpaired) electrons. The van der Waals surface area contributed by atoms with Gasteiger partial charge in [-0.25, -0.2) is 0 Å². The Balaban J connectivity index is 1.43. The smallest absolute Gasteiger partial charge is 0.123 e. The van der Waals surface area contributed by atoms with Gasteiger partial charge in [0.15, 0.2) is 0 Å². The Kier molecular flexibility index (Phi) is 8.64. The molecule has 6 heteroatoms. The number of nitrogens with zero attached hydrogens (tertiary/aromatic N) is 2. The van der Waals surface area contributed by atoms with Gasteiger partial charge in [0, 0.05) is 44.8 Å². The Morgan fingerprint density at radius 1 is 0.946 bits per heavy atom. The van der Waals surface area contributed by atoms with Crippen LogP contribution in [0.1, 0.15) is 34.2 Å². The number of nitrogens with two attached hydrogens (primary N) is 1. The molecule has 0 spiro atoms. The molecule has 1 aliphatic heterocycles. The first kappa shape index (κ1) is 26.9. The Labute approximate surface area is 220 Å². The quantitative estimate of drug-likeness (QED) is 0.322. The number of ether oxygens (including phenoxy) is 1. The van der Waals surface area contributed by atoms with Crippen LogP contribution in [0.4, 0.5) is 5.69 Å². The number of carbonyl (C=O) groups excluding carboxylic acids is 1. The molecule has 0 saturated carbocycles. The molecule has 0 aromatic heterocycles. The summed E-state index contributed by atoms with van der Waals surface area (Å²) >= 11 is 0. The van der Waals surface area contributed by atoms with Gasteiger partial charge in [-0.05, 0) is 54.7 Å². The number of nitrogen functional groups attached to an aromatic ring is 1. The summed E-state index contributed by atoms with van der Waals surface area (Å²) in [5, 5.41) is 10.8. The molecule has 1 aliphatic rings. The van der Waals surface area contributed by atoms with E-state index in [4.69, 9.17) is 10.5 Å². The first-order chi connectivity index (χ1) is 17.9. The maximum Gasteiger partial charge on any atom is 0.123 e. The van der Waals surface area contributed by atoms with Gasteiger partial charge in [-0.15, -0.1) is 0 Å². The second kappa shape index (κ2) is 11.9. The van der Waals surface area contributed by atoms with Gasteiger partial charge < -0.3 is 20.4 Å². The number of piperazine rings is 1. The van der Waals surface area contributed by atoms with Crippen LogP contribution in [-0.4, -0.2) is 66.6 Å². The van der Waals surface area contributed by atoms with E-state index in [1.807, 2.05) is 63.2 Å². The fourth-order valence-corrected chi connectivity index (χ4v) is 5.51. The number of benzene rings is 3. The summed E-state index contributed by atoms with van der Waals surface area (Å²) in [5.74, 6) is 0.775. The van der Waals surface area contributed by atoms with Crippen molar-refractivity contribution in [2.24, 2.45) is 0 Å². The van der Waals surface area contributed by atoms with Crippen molar-refractivity contribution >= 4 is 12.0 Å². The molecule has 3 aromatic rings. The van der Waals surface area contributed by atoms with E-state index in [2.05, 4.69) is 34.1 Å². The fourth-order valence-electron chi connectivity index (χ4n) is 5.51. The first-order valence-corrected chi connectivity index (χ1v) is 13.1. The standard InChI is InChI=1S/C31H39N3O3/c1-23-20-29(24(2)25(3)30(23)32)37-22-28(36)21-33-15-17-34(18-16-33)31(14-19-35,26-10-6-4-7-11-26)27-12-8-5-9-13-27/h4-13,19-20,28,36H,14-18,21-22,32H2,1-3H3. The number of aldehydes is 1. The molecule has 6 nitrogen and oxygen atoms in total. The molecule has 0 aliphatic carbocycles. The number of hydrogen-bond acceptors (Lipinski definition) is 6. The maximum atomic E-state index is 12.0. The summed E-state index contributed by atoms with van der Waals surface area (Å²) in [6.45, 7) is 9.92. The van der Waals surface area contributed by atoms with Crippen LogP contribution in [0.15, 0.2) is 66.7 Å². The van der Waals surface area contributed by atoms with Crippen LogP contribution >= 0.6 is 0 Å². The topological polar surface area (TPSA) is 79.0 Å². The highest BCUT2D eigenvalue weighted by atomic mass is 16.5. The summed E-state index contributed by atoms with van der Waals surface area (Å²) in [4.78, 5) is 16.7. The summed E-state index contributed by atoms with van der Waals surface area (Å²) < 4.78 is 6.00. The lowest BCUT2D eigenvalue weighted by Crippen LogP contribution is -2.57. The van der Waals surface area contributed by atoms with Gasteiger partial charge in [0.05, 0.1) is 5.54 Å². The van der Waals surface area contributed by atoms with E-state index in [-0.39, 0.29) is 6.61 Å². The minimum Gasteiger partial charge on any atom is -0.491 e. The average Bonchev–Trinajstić information content (AvgIpc) is 2.93. The number of rotatable bonds is 10. The molecule has 196 valence electrons. The lowest BCUT2D eigenvalue weighted by molar-refractivity contribution is -0.110. The van der Waals surface area contributed by atoms with Crippen molar-refractivity contribution in [2.75, 3.05) is 45.1 Å². The highest BCUT2D eigenvalue weighted by molar-refractivity contribution is 5.60. The van der Waals surface area contributed by atoms with Crippen LogP contribution in [0.3, 0.4) is 0 Å². The van der Waals surface area contributed by atoms with Gasteiger partial charge in [-0.2, -0.15) is 0 Å². The minimum atomic E-state index is -0.605. The third-order valence-corrected chi connectivity index (χ3v) is 7.80. The zero-order valence-corrected chi connectivity index (χ0v) is 22.2. The van der Waals surface area contributed by atoms with E-state index in [1.54, 1.807) is 0 Å². The van der Waals surface area contributed by atoms with Gasteiger partial charge in [-0.1, -0.05) is 60.7 Å². The highest BCUT2D eigenvalue weighted by Gasteiger charge is 2.41. The van der Waals surface area contributed by atoms with Crippen molar-refractivity contribution in [3.8, 4) is 5.75 Å². The van der Waals surface area contributed by atoms with Gasteiger partial charge in [0.2, 0.25) is 0 Å². The summed E-state index contributed by atoms with van der Waals surface area (Å²) in [7, 11) is 0. The largest absolute Gasteiger partial charge is 0.491 e. The number of anilines is 1. The van der Waals surface area contributed by atoms with Crippen LogP contribution in [-0.2, 0) is 10.3 Å². The number of β-amino-alcohol motifs (C(OH)–C–C–N with tert-alkyl or cyclic N) is 1. The van der Waals surface area contributed by atoms with Crippen LogP contribution in [0.5, 0.6) is 5.75 Å². The van der Waals surface area contributed by atoms with Crippen LogP contribution in [0, 0.1) is 20.8 Å². The van der Waals surface area contributed by atoms with E-state index in [9.17, 15) is 9.90 Å². The lowest BCUT2D eigenvalue weighted by atomic mass is 9.78. The Morgan fingerprint density at radius 3 is 2.05 bits per heavy atom. The van der Waals surface area contributed by atoms with Crippen molar-refractivity contribution in [3.05, 3.63) is 94.5 Å². The summed E-state index contributed by atoms with van der Waals surface area (Å²) in [6.07, 6.45) is 0.819. The third-order valence-electron chi connectivity index (χ3n) is 7.80. The summed E-state index contributed by atoms with van der Waals surface area (Å²) in [6, 6.07) is 22.6. The SMILES string of the molecule is Cc1cc(OCC(O)CN2CCN(C(CC=O)(c3ccccc3)c3ccccc3)CC2)c(C)c(C)c1N. The number of aryl methyl sites for hydroxylation is 1. The molecule has 3 N–H and O–H groups in total. The van der Waals surface area contributed by atoms with Crippen molar-refractivity contribution in [3.63, 3.8) is 0 Å². The van der Waals surface area contributed by atoms with Crippen molar-refractivity contribution in [2.45, 2.75) is 38.8 Å². The van der Waals surface area contributed by atoms with E-state index in [0.29, 0.717) is 13.0 Å². The minimum absolute atomic E-state index is 0.229. The number of aliphatic hydroxyl groups is 1. The summed E-state index contributed by atoms with van der Waals surface area (Å²) in [5.41, 5.74) is 11.7. The molecule has 1 fully saturated rings. The highest BCUT2D eigenvalue weighted by Crippen LogP contribution is 2.39. The molecule has 0 bridgehead atoms. The predicted octanol–water partition coefficient (Wildman–Crippen LogP) is 4.08. The Bertz CT molecular complexity index is 1140. The van der Waals surface area contributed by atoms with Crippen molar-refractivity contribution in [1.82, 2.24) is 9.80 Å². The monoisotopic (exact) mass is 501 g/mol. The third kappa shape index (κ3) is 5.72. The van der Waals surface area contributed by atoms with Gasteiger partial charge in [0.25, 0.3) is 0 Å². The fraction of sp³-hybridized carbons (Fsp3) is 0.387. The van der Waals surface area contributed by atoms with E-state index >= 15 is 0 Å². The number of carbonyl (C=O) groups is 1. The second-order valence-corrected chi connectivity index (χ2v) is 10.1. The molecule has 3 aromatic carbocycles. The molecule has 1 unspecified atom stereocenters. The van der Waals surface area contributed by atoms with Crippen molar-refractivity contribution in [1.29, 1.82) is 0 Å².